The molecule has 0 unspecified atom stereocenters. The Morgan fingerprint density at radius 2 is 2.00 bits per heavy atom. The zero-order chi connectivity index (χ0) is 22.1. The number of ether oxygens (including phenoxy) is 2. The highest BCUT2D eigenvalue weighted by atomic mass is 19.1. The number of carbonyl (C=O) groups is 1. The van der Waals surface area contributed by atoms with E-state index in [0.29, 0.717) is 19.0 Å². The van der Waals surface area contributed by atoms with E-state index in [1.165, 1.54) is 13.2 Å². The summed E-state index contributed by atoms with van der Waals surface area (Å²) in [7, 11) is 1.47. The SMILES string of the molecule is CCNC(=NCC(=O)OC(C)(C)C)NC1CCN(Cc2ccc(OC)c(F)c2)CC1. The number of hydrogen-bond acceptors (Lipinski definition) is 5. The molecule has 1 saturated heterocycles. The van der Waals surface area contributed by atoms with Crippen molar-refractivity contribution in [2.75, 3.05) is 33.3 Å². The summed E-state index contributed by atoms with van der Waals surface area (Å²) >= 11 is 0. The van der Waals surface area contributed by atoms with Gasteiger partial charge in [-0.1, -0.05) is 6.07 Å². The maximum Gasteiger partial charge on any atom is 0.328 e. The van der Waals surface area contributed by atoms with Crippen LogP contribution in [0.3, 0.4) is 0 Å². The third-order valence-electron chi connectivity index (χ3n) is 4.68. The molecule has 1 fully saturated rings. The molecule has 168 valence electrons. The fourth-order valence-corrected chi connectivity index (χ4v) is 3.33. The van der Waals surface area contributed by atoms with Crippen LogP contribution in [0.2, 0.25) is 0 Å². The molecule has 7 nitrogen and oxygen atoms in total. The van der Waals surface area contributed by atoms with Gasteiger partial charge in [-0.2, -0.15) is 0 Å². The second-order valence-corrected chi connectivity index (χ2v) is 8.45. The fraction of sp³-hybridized carbons (Fsp3) is 0.636. The molecular weight excluding hydrogens is 387 g/mol. The number of piperidine rings is 1. The van der Waals surface area contributed by atoms with Crippen molar-refractivity contribution in [1.82, 2.24) is 15.5 Å². The van der Waals surface area contributed by atoms with E-state index in [2.05, 4.69) is 20.5 Å². The van der Waals surface area contributed by atoms with Gasteiger partial charge in [-0.05, 0) is 58.2 Å². The number of rotatable bonds is 7. The lowest BCUT2D eigenvalue weighted by Gasteiger charge is -2.33. The standard InChI is InChI=1S/C22H35FN4O3/c1-6-24-21(25-14-20(28)30-22(2,3)4)26-17-9-11-27(12-10-17)15-16-7-8-19(29-5)18(23)13-16/h7-8,13,17H,6,9-12,14-15H2,1-5H3,(H2,24,25,26). The van der Waals surface area contributed by atoms with Crippen molar-refractivity contribution in [3.63, 3.8) is 0 Å². The third-order valence-corrected chi connectivity index (χ3v) is 4.68. The molecule has 30 heavy (non-hydrogen) atoms. The molecule has 8 heteroatoms. The Hall–Kier alpha value is -2.35. The summed E-state index contributed by atoms with van der Waals surface area (Å²) in [6, 6.07) is 5.38. The van der Waals surface area contributed by atoms with Crippen molar-refractivity contribution in [2.24, 2.45) is 4.99 Å². The van der Waals surface area contributed by atoms with Crippen LogP contribution in [0.15, 0.2) is 23.2 Å². The molecule has 2 rings (SSSR count). The summed E-state index contributed by atoms with van der Waals surface area (Å²) in [5.41, 5.74) is 0.421. The monoisotopic (exact) mass is 422 g/mol. The van der Waals surface area contributed by atoms with Crippen LogP contribution in [0.5, 0.6) is 5.75 Å². The Morgan fingerprint density at radius 1 is 1.30 bits per heavy atom. The van der Waals surface area contributed by atoms with Crippen LogP contribution in [0.1, 0.15) is 46.1 Å². The van der Waals surface area contributed by atoms with Crippen LogP contribution < -0.4 is 15.4 Å². The van der Waals surface area contributed by atoms with Gasteiger partial charge in [-0.25, -0.2) is 9.38 Å². The number of carbonyl (C=O) groups excluding carboxylic acids is 1. The van der Waals surface area contributed by atoms with Gasteiger partial charge in [0.25, 0.3) is 0 Å². The predicted octanol–water partition coefficient (Wildman–Crippen LogP) is 2.70. The highest BCUT2D eigenvalue weighted by Gasteiger charge is 2.21. The van der Waals surface area contributed by atoms with Gasteiger partial charge < -0.3 is 20.1 Å². The average Bonchev–Trinajstić information content (AvgIpc) is 2.67. The first-order valence-electron chi connectivity index (χ1n) is 10.5. The lowest BCUT2D eigenvalue weighted by molar-refractivity contribution is -0.152. The number of halogens is 1. The van der Waals surface area contributed by atoms with Gasteiger partial charge in [0, 0.05) is 32.2 Å². The molecule has 1 aliphatic heterocycles. The molecular formula is C22H35FN4O3. The number of esters is 1. The number of methoxy groups -OCH3 is 1. The maximum atomic E-state index is 13.9. The van der Waals surface area contributed by atoms with E-state index in [1.807, 2.05) is 33.8 Å². The van der Waals surface area contributed by atoms with Crippen molar-refractivity contribution in [3.8, 4) is 5.75 Å². The molecule has 1 aliphatic rings. The average molecular weight is 423 g/mol. The zero-order valence-corrected chi connectivity index (χ0v) is 18.8. The van der Waals surface area contributed by atoms with Crippen molar-refractivity contribution in [2.45, 2.75) is 58.7 Å². The van der Waals surface area contributed by atoms with Gasteiger partial charge in [0.2, 0.25) is 0 Å². The highest BCUT2D eigenvalue weighted by molar-refractivity contribution is 5.83. The molecule has 1 heterocycles. The number of aliphatic imine (C=N–C) groups is 1. The second kappa shape index (κ2) is 11.2. The summed E-state index contributed by atoms with van der Waals surface area (Å²) in [5, 5.41) is 6.59. The Bertz CT molecular complexity index is 726. The molecule has 0 aliphatic carbocycles. The number of benzene rings is 1. The van der Waals surface area contributed by atoms with Crippen LogP contribution >= 0.6 is 0 Å². The number of likely N-dealkylation sites (tertiary alicyclic amines) is 1. The van der Waals surface area contributed by atoms with Crippen LogP contribution in [0.4, 0.5) is 4.39 Å². The zero-order valence-electron chi connectivity index (χ0n) is 18.8. The van der Waals surface area contributed by atoms with Crippen molar-refractivity contribution in [3.05, 3.63) is 29.6 Å². The lowest BCUT2D eigenvalue weighted by atomic mass is 10.0. The molecule has 0 amide bonds. The molecule has 0 aromatic heterocycles. The van der Waals surface area contributed by atoms with Gasteiger partial charge in [-0.15, -0.1) is 0 Å². The van der Waals surface area contributed by atoms with Gasteiger partial charge in [0.15, 0.2) is 17.5 Å². The van der Waals surface area contributed by atoms with Gasteiger partial charge in [0.05, 0.1) is 7.11 Å². The lowest BCUT2D eigenvalue weighted by Crippen LogP contribution is -2.48. The number of hydrogen-bond donors (Lipinski definition) is 2. The smallest absolute Gasteiger partial charge is 0.328 e. The molecule has 0 atom stereocenters. The molecule has 0 saturated carbocycles. The molecule has 2 N–H and O–H groups in total. The summed E-state index contributed by atoms with van der Waals surface area (Å²) in [6.07, 6.45) is 1.88. The Kier molecular flexibility index (Phi) is 8.89. The van der Waals surface area contributed by atoms with Gasteiger partial charge in [0.1, 0.15) is 12.1 Å². The van der Waals surface area contributed by atoms with E-state index in [4.69, 9.17) is 9.47 Å². The summed E-state index contributed by atoms with van der Waals surface area (Å²) < 4.78 is 24.2. The van der Waals surface area contributed by atoms with E-state index >= 15 is 0 Å². The molecule has 0 bridgehead atoms. The van der Waals surface area contributed by atoms with E-state index in [9.17, 15) is 9.18 Å². The van der Waals surface area contributed by atoms with Gasteiger partial charge in [-0.3, -0.25) is 9.69 Å². The molecule has 1 aromatic carbocycles. The first kappa shape index (κ1) is 23.9. The van der Waals surface area contributed by atoms with Crippen molar-refractivity contribution >= 4 is 11.9 Å². The van der Waals surface area contributed by atoms with E-state index in [0.717, 1.165) is 31.5 Å². The van der Waals surface area contributed by atoms with E-state index in [-0.39, 0.29) is 30.1 Å². The quantitative estimate of drug-likeness (QED) is 0.400. The number of nitrogens with zero attached hydrogens (tertiary/aromatic N) is 2. The van der Waals surface area contributed by atoms with Crippen molar-refractivity contribution < 1.29 is 18.7 Å². The summed E-state index contributed by atoms with van der Waals surface area (Å²) in [5.74, 6) is 0.214. The minimum Gasteiger partial charge on any atom is -0.494 e. The topological polar surface area (TPSA) is 75.2 Å². The van der Waals surface area contributed by atoms with Crippen molar-refractivity contribution in [1.29, 1.82) is 0 Å². The predicted molar refractivity (Wildman–Crippen MR) is 116 cm³/mol. The number of nitrogens with one attached hydrogen (secondary N) is 2. The van der Waals surface area contributed by atoms with Crippen LogP contribution in [0.25, 0.3) is 0 Å². The summed E-state index contributed by atoms with van der Waals surface area (Å²) in [4.78, 5) is 18.6. The van der Waals surface area contributed by atoms with E-state index in [1.54, 1.807) is 6.07 Å². The van der Waals surface area contributed by atoms with Crippen LogP contribution in [0, 0.1) is 5.82 Å². The Balaban J connectivity index is 1.83. The molecule has 0 radical (unpaired) electrons. The largest absolute Gasteiger partial charge is 0.494 e. The van der Waals surface area contributed by atoms with Gasteiger partial charge >= 0.3 is 5.97 Å². The number of guanidine groups is 1. The van der Waals surface area contributed by atoms with Crippen LogP contribution in [-0.4, -0.2) is 61.8 Å². The summed E-state index contributed by atoms with van der Waals surface area (Å²) in [6.45, 7) is 10.7. The minimum absolute atomic E-state index is 0.0194. The normalized spacial score (nSPS) is 16.3. The Labute approximate surface area is 179 Å². The Morgan fingerprint density at radius 3 is 2.57 bits per heavy atom. The molecule has 0 spiro atoms. The van der Waals surface area contributed by atoms with E-state index < -0.39 is 5.60 Å². The maximum absolute atomic E-state index is 13.9. The first-order chi connectivity index (χ1) is 14.2. The first-order valence-corrected chi connectivity index (χ1v) is 10.5. The minimum atomic E-state index is -0.516. The fourth-order valence-electron chi connectivity index (χ4n) is 3.33. The van der Waals surface area contributed by atoms with Crippen LogP contribution in [-0.2, 0) is 16.1 Å². The molecule has 1 aromatic rings. The third kappa shape index (κ3) is 8.18. The highest BCUT2D eigenvalue weighted by Crippen LogP contribution is 2.20. The second-order valence-electron chi connectivity index (χ2n) is 8.45.